The van der Waals surface area contributed by atoms with E-state index in [1.807, 2.05) is 0 Å². The van der Waals surface area contributed by atoms with Crippen LogP contribution in [0.1, 0.15) is 36.0 Å². The molecule has 0 radical (unpaired) electrons. The molecule has 1 aromatic carbocycles. The summed E-state index contributed by atoms with van der Waals surface area (Å²) in [5, 5.41) is 0. The summed E-state index contributed by atoms with van der Waals surface area (Å²) < 4.78 is 39.6. The van der Waals surface area contributed by atoms with Crippen molar-refractivity contribution in [2.24, 2.45) is 11.1 Å². The molecule has 0 saturated heterocycles. The van der Waals surface area contributed by atoms with E-state index in [0.717, 1.165) is 25.0 Å². The Bertz CT molecular complexity index is 481. The van der Waals surface area contributed by atoms with E-state index in [2.05, 4.69) is 0 Å². The van der Waals surface area contributed by atoms with Gasteiger partial charge < -0.3 is 5.73 Å². The van der Waals surface area contributed by atoms with Crippen LogP contribution < -0.4 is 5.73 Å². The first-order valence-electron chi connectivity index (χ1n) is 5.90. The predicted octanol–water partition coefficient (Wildman–Crippen LogP) is 2.81. The van der Waals surface area contributed by atoms with Gasteiger partial charge >= 0.3 is 0 Å². The molecule has 98 valence electrons. The number of benzene rings is 1. The van der Waals surface area contributed by atoms with Crippen molar-refractivity contribution in [3.63, 3.8) is 0 Å². The van der Waals surface area contributed by atoms with Crippen LogP contribution in [0.15, 0.2) is 12.1 Å². The summed E-state index contributed by atoms with van der Waals surface area (Å²) in [7, 11) is 0. The Hall–Kier alpha value is -1.36. The lowest BCUT2D eigenvalue weighted by molar-refractivity contribution is 0.0804. The molecule has 0 aliphatic heterocycles. The van der Waals surface area contributed by atoms with Crippen molar-refractivity contribution < 1.29 is 18.0 Å². The van der Waals surface area contributed by atoms with Crippen molar-refractivity contribution in [3.05, 3.63) is 35.1 Å². The fourth-order valence-corrected chi connectivity index (χ4v) is 2.56. The van der Waals surface area contributed by atoms with Gasteiger partial charge in [0.05, 0.1) is 5.56 Å². The molecule has 1 aliphatic rings. The number of hydrogen-bond acceptors (Lipinski definition) is 2. The molecule has 0 spiro atoms. The Morgan fingerprint density at radius 1 is 1.17 bits per heavy atom. The van der Waals surface area contributed by atoms with Gasteiger partial charge in [0.15, 0.2) is 23.2 Å². The Morgan fingerprint density at radius 3 is 2.33 bits per heavy atom. The van der Waals surface area contributed by atoms with Crippen molar-refractivity contribution in [3.8, 4) is 0 Å². The van der Waals surface area contributed by atoms with Gasteiger partial charge in [-0.15, -0.1) is 0 Å². The third kappa shape index (κ3) is 1.92. The summed E-state index contributed by atoms with van der Waals surface area (Å²) in [4.78, 5) is 12.3. The second-order valence-electron chi connectivity index (χ2n) is 4.74. The van der Waals surface area contributed by atoms with E-state index in [1.165, 1.54) is 0 Å². The van der Waals surface area contributed by atoms with Crippen molar-refractivity contribution in [2.75, 3.05) is 6.54 Å². The highest BCUT2D eigenvalue weighted by Crippen LogP contribution is 2.40. The van der Waals surface area contributed by atoms with Crippen LogP contribution >= 0.6 is 0 Å². The first kappa shape index (κ1) is 13.1. The lowest BCUT2D eigenvalue weighted by Crippen LogP contribution is -2.36. The number of rotatable bonds is 3. The highest BCUT2D eigenvalue weighted by Gasteiger charge is 2.41. The molecule has 0 bridgehead atoms. The third-order valence-corrected chi connectivity index (χ3v) is 3.71. The molecule has 2 N–H and O–H groups in total. The van der Waals surface area contributed by atoms with Gasteiger partial charge in [-0.05, 0) is 25.0 Å². The van der Waals surface area contributed by atoms with E-state index in [9.17, 15) is 18.0 Å². The predicted molar refractivity (Wildman–Crippen MR) is 60.6 cm³/mol. The van der Waals surface area contributed by atoms with Gasteiger partial charge in [0, 0.05) is 12.0 Å². The van der Waals surface area contributed by atoms with E-state index < -0.39 is 34.2 Å². The average molecular weight is 257 g/mol. The fraction of sp³-hybridized carbons (Fsp3) is 0.462. The zero-order valence-corrected chi connectivity index (χ0v) is 9.81. The highest BCUT2D eigenvalue weighted by atomic mass is 19.2. The number of halogens is 3. The van der Waals surface area contributed by atoms with Gasteiger partial charge in [0.2, 0.25) is 0 Å². The molecule has 18 heavy (non-hydrogen) atoms. The molecule has 1 saturated carbocycles. The Kier molecular flexibility index (Phi) is 3.43. The molecule has 1 fully saturated rings. The van der Waals surface area contributed by atoms with E-state index in [0.29, 0.717) is 12.8 Å². The summed E-state index contributed by atoms with van der Waals surface area (Å²) in [5.74, 6) is -4.83. The van der Waals surface area contributed by atoms with Crippen molar-refractivity contribution >= 4 is 5.78 Å². The van der Waals surface area contributed by atoms with Crippen LogP contribution in [0.25, 0.3) is 0 Å². The van der Waals surface area contributed by atoms with Gasteiger partial charge in [-0.2, -0.15) is 0 Å². The highest BCUT2D eigenvalue weighted by molar-refractivity contribution is 6.01. The molecule has 0 heterocycles. The first-order valence-corrected chi connectivity index (χ1v) is 5.90. The first-order chi connectivity index (χ1) is 8.52. The lowest BCUT2D eigenvalue weighted by Gasteiger charge is -2.25. The lowest BCUT2D eigenvalue weighted by atomic mass is 9.78. The fourth-order valence-electron chi connectivity index (χ4n) is 2.56. The number of ketones is 1. The standard InChI is InChI=1S/C13H14F3NO/c14-9-4-3-8(10(15)11(9)16)12(18)13(7-17)5-1-2-6-13/h3-4H,1-2,5-7,17H2. The molecule has 1 aromatic rings. The number of nitrogens with two attached hydrogens (primary N) is 1. The van der Waals surface area contributed by atoms with Crippen LogP contribution in [0.2, 0.25) is 0 Å². The summed E-state index contributed by atoms with van der Waals surface area (Å²) in [5.41, 5.74) is 4.40. The molecule has 0 aromatic heterocycles. The zero-order valence-electron chi connectivity index (χ0n) is 9.81. The molecule has 0 atom stereocenters. The molecule has 0 amide bonds. The molecular weight excluding hydrogens is 243 g/mol. The largest absolute Gasteiger partial charge is 0.329 e. The van der Waals surface area contributed by atoms with Gasteiger partial charge in [-0.1, -0.05) is 12.8 Å². The topological polar surface area (TPSA) is 43.1 Å². The van der Waals surface area contributed by atoms with Crippen molar-refractivity contribution in [1.29, 1.82) is 0 Å². The molecular formula is C13H14F3NO. The maximum atomic E-state index is 13.6. The van der Waals surface area contributed by atoms with Crippen LogP contribution in [0.5, 0.6) is 0 Å². The second kappa shape index (κ2) is 4.72. The summed E-state index contributed by atoms with van der Waals surface area (Å²) in [6, 6.07) is 1.76. The average Bonchev–Trinajstić information content (AvgIpc) is 2.85. The number of hydrogen-bond donors (Lipinski definition) is 1. The number of carbonyl (C=O) groups excluding carboxylic acids is 1. The minimum absolute atomic E-state index is 0.101. The summed E-state index contributed by atoms with van der Waals surface area (Å²) >= 11 is 0. The van der Waals surface area contributed by atoms with Gasteiger partial charge in [-0.3, -0.25) is 4.79 Å². The van der Waals surface area contributed by atoms with E-state index in [-0.39, 0.29) is 6.54 Å². The zero-order chi connectivity index (χ0) is 13.3. The molecule has 1 aliphatic carbocycles. The normalized spacial score (nSPS) is 18.0. The number of Topliss-reactive ketones (excluding diaryl/α,β-unsaturated/α-hetero) is 1. The Balaban J connectivity index is 2.43. The summed E-state index contributed by atoms with van der Waals surface area (Å²) in [6.07, 6.45) is 2.82. The van der Waals surface area contributed by atoms with E-state index in [1.54, 1.807) is 0 Å². The van der Waals surface area contributed by atoms with Crippen molar-refractivity contribution in [1.82, 2.24) is 0 Å². The molecule has 2 rings (SSSR count). The van der Waals surface area contributed by atoms with E-state index in [4.69, 9.17) is 5.73 Å². The molecule has 5 heteroatoms. The Labute approximate surface area is 103 Å². The maximum absolute atomic E-state index is 13.6. The van der Waals surface area contributed by atoms with Gasteiger partial charge in [0.1, 0.15) is 0 Å². The monoisotopic (exact) mass is 257 g/mol. The minimum Gasteiger partial charge on any atom is -0.329 e. The van der Waals surface area contributed by atoms with Crippen LogP contribution in [0.4, 0.5) is 13.2 Å². The van der Waals surface area contributed by atoms with Crippen LogP contribution in [-0.2, 0) is 0 Å². The van der Waals surface area contributed by atoms with Crippen LogP contribution in [0, 0.1) is 22.9 Å². The SMILES string of the molecule is NCC1(C(=O)c2ccc(F)c(F)c2F)CCCC1. The van der Waals surface area contributed by atoms with Crippen LogP contribution in [0.3, 0.4) is 0 Å². The van der Waals surface area contributed by atoms with Gasteiger partial charge in [-0.25, -0.2) is 13.2 Å². The Morgan fingerprint density at radius 2 is 1.78 bits per heavy atom. The molecule has 2 nitrogen and oxygen atoms in total. The van der Waals surface area contributed by atoms with E-state index >= 15 is 0 Å². The minimum atomic E-state index is -1.61. The quantitative estimate of drug-likeness (QED) is 0.668. The van der Waals surface area contributed by atoms with Gasteiger partial charge in [0.25, 0.3) is 0 Å². The second-order valence-corrected chi connectivity index (χ2v) is 4.74. The van der Waals surface area contributed by atoms with Crippen LogP contribution in [-0.4, -0.2) is 12.3 Å². The van der Waals surface area contributed by atoms with Crippen molar-refractivity contribution in [2.45, 2.75) is 25.7 Å². The number of carbonyl (C=O) groups is 1. The maximum Gasteiger partial charge on any atom is 0.195 e. The molecule has 0 unspecified atom stereocenters. The summed E-state index contributed by atoms with van der Waals surface area (Å²) in [6.45, 7) is 0.101. The third-order valence-electron chi connectivity index (χ3n) is 3.71. The smallest absolute Gasteiger partial charge is 0.195 e.